The van der Waals surface area contributed by atoms with E-state index in [1.807, 2.05) is 0 Å². The highest BCUT2D eigenvalue weighted by Gasteiger charge is 2.35. The van der Waals surface area contributed by atoms with Gasteiger partial charge in [-0.1, -0.05) is 30.3 Å². The van der Waals surface area contributed by atoms with Crippen molar-refractivity contribution < 1.29 is 21.6 Å². The summed E-state index contributed by atoms with van der Waals surface area (Å²) in [5, 5.41) is -0.730. The maximum Gasteiger partial charge on any atom is 0.433 e. The van der Waals surface area contributed by atoms with Gasteiger partial charge >= 0.3 is 6.18 Å². The lowest BCUT2D eigenvalue weighted by Gasteiger charge is -2.10. The SMILES string of the molecule is O=S(=O)(Cc1ccccc1)c1cc(C(F)(F)F)nc(-c2ncccn2)n1. The molecule has 0 spiro atoms. The summed E-state index contributed by atoms with van der Waals surface area (Å²) in [5.74, 6) is -1.20. The summed E-state index contributed by atoms with van der Waals surface area (Å²) in [4.78, 5) is 14.7. The lowest BCUT2D eigenvalue weighted by Crippen LogP contribution is -2.15. The molecule has 0 radical (unpaired) electrons. The minimum absolute atomic E-state index is 0.199. The maximum absolute atomic E-state index is 13.2. The summed E-state index contributed by atoms with van der Waals surface area (Å²) in [6.07, 6.45) is -2.25. The van der Waals surface area contributed by atoms with Crippen LogP contribution in [0.5, 0.6) is 0 Å². The first-order valence-corrected chi connectivity index (χ1v) is 8.91. The fraction of sp³-hybridized carbons (Fsp3) is 0.125. The molecule has 0 bridgehead atoms. The van der Waals surface area contributed by atoms with Crippen molar-refractivity contribution in [2.45, 2.75) is 17.0 Å². The van der Waals surface area contributed by atoms with Crippen molar-refractivity contribution >= 4 is 9.84 Å². The second-order valence-electron chi connectivity index (χ2n) is 5.23. The van der Waals surface area contributed by atoms with E-state index in [4.69, 9.17) is 0 Å². The van der Waals surface area contributed by atoms with E-state index in [1.54, 1.807) is 30.3 Å². The number of alkyl halides is 3. The molecule has 2 aromatic heterocycles. The molecule has 1 aromatic carbocycles. The quantitative estimate of drug-likeness (QED) is 0.647. The summed E-state index contributed by atoms with van der Waals surface area (Å²) in [7, 11) is -4.13. The molecule has 0 saturated heterocycles. The molecule has 0 N–H and O–H groups in total. The Bertz CT molecular complexity index is 1010. The molecule has 0 atom stereocenters. The van der Waals surface area contributed by atoms with Gasteiger partial charge < -0.3 is 0 Å². The van der Waals surface area contributed by atoms with Crippen LogP contribution in [0.25, 0.3) is 11.6 Å². The lowest BCUT2D eigenvalue weighted by atomic mass is 10.2. The van der Waals surface area contributed by atoms with Gasteiger partial charge in [-0.2, -0.15) is 13.2 Å². The van der Waals surface area contributed by atoms with Crippen molar-refractivity contribution in [2.24, 2.45) is 0 Å². The molecule has 6 nitrogen and oxygen atoms in total. The molecule has 0 unspecified atom stereocenters. The molecule has 0 amide bonds. The largest absolute Gasteiger partial charge is 0.433 e. The second kappa shape index (κ2) is 6.79. The summed E-state index contributed by atoms with van der Waals surface area (Å²) < 4.78 is 64.6. The molecular formula is C16H11F3N4O2S. The van der Waals surface area contributed by atoms with Crippen molar-refractivity contribution in [3.05, 3.63) is 66.1 Å². The van der Waals surface area contributed by atoms with Crippen LogP contribution >= 0.6 is 0 Å². The van der Waals surface area contributed by atoms with Gasteiger partial charge in [-0.15, -0.1) is 0 Å². The number of benzene rings is 1. The van der Waals surface area contributed by atoms with Crippen LogP contribution in [0.2, 0.25) is 0 Å². The van der Waals surface area contributed by atoms with Crippen LogP contribution in [0.15, 0.2) is 59.9 Å². The molecule has 134 valence electrons. The summed E-state index contributed by atoms with van der Waals surface area (Å²) in [5.41, 5.74) is -0.946. The highest BCUT2D eigenvalue weighted by atomic mass is 32.2. The van der Waals surface area contributed by atoms with Crippen LogP contribution in [0.4, 0.5) is 13.2 Å². The third kappa shape index (κ3) is 4.02. The number of sulfone groups is 1. The van der Waals surface area contributed by atoms with Gasteiger partial charge in [-0.3, -0.25) is 0 Å². The number of nitrogens with zero attached hydrogens (tertiary/aromatic N) is 4. The molecule has 2 heterocycles. The molecule has 0 aliphatic carbocycles. The van der Waals surface area contributed by atoms with E-state index in [0.717, 1.165) is 0 Å². The zero-order valence-electron chi connectivity index (χ0n) is 13.1. The summed E-state index contributed by atoms with van der Waals surface area (Å²) in [6.45, 7) is 0. The number of hydrogen-bond donors (Lipinski definition) is 0. The van der Waals surface area contributed by atoms with E-state index in [2.05, 4.69) is 19.9 Å². The van der Waals surface area contributed by atoms with Crippen molar-refractivity contribution in [3.63, 3.8) is 0 Å². The van der Waals surface area contributed by atoms with Gasteiger partial charge in [0, 0.05) is 18.5 Å². The molecule has 3 rings (SSSR count). The molecule has 10 heteroatoms. The topological polar surface area (TPSA) is 85.7 Å². The van der Waals surface area contributed by atoms with Gasteiger partial charge in [0.1, 0.15) is 5.69 Å². The van der Waals surface area contributed by atoms with Crippen LogP contribution < -0.4 is 0 Å². The fourth-order valence-corrected chi connectivity index (χ4v) is 3.41. The third-order valence-electron chi connectivity index (χ3n) is 3.28. The Labute approximate surface area is 146 Å². The molecular weight excluding hydrogens is 369 g/mol. The van der Waals surface area contributed by atoms with E-state index >= 15 is 0 Å². The number of rotatable bonds is 4. The van der Waals surface area contributed by atoms with E-state index in [-0.39, 0.29) is 5.82 Å². The van der Waals surface area contributed by atoms with Crippen LogP contribution in [0.1, 0.15) is 11.3 Å². The monoisotopic (exact) mass is 380 g/mol. The Morgan fingerprint density at radius 2 is 1.54 bits per heavy atom. The minimum Gasteiger partial charge on any atom is -0.234 e. The molecule has 0 fully saturated rings. The first kappa shape index (κ1) is 17.9. The van der Waals surface area contributed by atoms with Gasteiger partial charge in [0.2, 0.25) is 0 Å². The Balaban J connectivity index is 2.11. The van der Waals surface area contributed by atoms with Crippen molar-refractivity contribution in [2.75, 3.05) is 0 Å². The number of halogens is 3. The zero-order valence-corrected chi connectivity index (χ0v) is 13.9. The molecule has 26 heavy (non-hydrogen) atoms. The summed E-state index contributed by atoms with van der Waals surface area (Å²) in [6, 6.07) is 9.97. The molecule has 0 aliphatic rings. The lowest BCUT2D eigenvalue weighted by molar-refractivity contribution is -0.141. The smallest absolute Gasteiger partial charge is 0.234 e. The van der Waals surface area contributed by atoms with Crippen molar-refractivity contribution in [3.8, 4) is 11.6 Å². The van der Waals surface area contributed by atoms with Crippen molar-refractivity contribution in [1.82, 2.24) is 19.9 Å². The highest BCUT2D eigenvalue weighted by Crippen LogP contribution is 2.30. The fourth-order valence-electron chi connectivity index (χ4n) is 2.11. The van der Waals surface area contributed by atoms with E-state index < -0.39 is 38.3 Å². The number of hydrogen-bond acceptors (Lipinski definition) is 6. The number of aromatic nitrogens is 4. The minimum atomic E-state index is -4.84. The Morgan fingerprint density at radius 3 is 2.15 bits per heavy atom. The molecule has 0 aliphatic heterocycles. The van der Waals surface area contributed by atoms with Crippen LogP contribution in [0, 0.1) is 0 Å². The molecule has 3 aromatic rings. The van der Waals surface area contributed by atoms with Crippen LogP contribution in [-0.2, 0) is 21.8 Å². The van der Waals surface area contributed by atoms with Gasteiger partial charge in [-0.05, 0) is 11.6 Å². The first-order chi connectivity index (χ1) is 12.3. The average Bonchev–Trinajstić information content (AvgIpc) is 2.62. The van der Waals surface area contributed by atoms with Gasteiger partial charge in [0.05, 0.1) is 5.75 Å². The zero-order chi connectivity index (χ0) is 18.8. The van der Waals surface area contributed by atoms with E-state index in [9.17, 15) is 21.6 Å². The second-order valence-corrected chi connectivity index (χ2v) is 7.17. The van der Waals surface area contributed by atoms with Crippen LogP contribution in [0.3, 0.4) is 0 Å². The third-order valence-corrected chi connectivity index (χ3v) is 4.84. The van der Waals surface area contributed by atoms with Gasteiger partial charge in [0.25, 0.3) is 0 Å². The van der Waals surface area contributed by atoms with E-state index in [1.165, 1.54) is 18.5 Å². The normalized spacial score (nSPS) is 12.1. The Hall–Kier alpha value is -2.88. The Morgan fingerprint density at radius 1 is 0.885 bits per heavy atom. The maximum atomic E-state index is 13.2. The Kier molecular flexibility index (Phi) is 4.68. The van der Waals surface area contributed by atoms with Crippen molar-refractivity contribution in [1.29, 1.82) is 0 Å². The predicted molar refractivity (Wildman–Crippen MR) is 85.4 cm³/mol. The van der Waals surface area contributed by atoms with Gasteiger partial charge in [-0.25, -0.2) is 28.4 Å². The first-order valence-electron chi connectivity index (χ1n) is 7.26. The van der Waals surface area contributed by atoms with E-state index in [0.29, 0.717) is 11.6 Å². The average molecular weight is 380 g/mol. The van der Waals surface area contributed by atoms with Crippen LogP contribution in [-0.4, -0.2) is 28.4 Å². The summed E-state index contributed by atoms with van der Waals surface area (Å²) >= 11 is 0. The predicted octanol–water partition coefficient (Wildman–Crippen LogP) is 2.93. The highest BCUT2D eigenvalue weighted by molar-refractivity contribution is 7.90. The standard InChI is InChI=1S/C16H11F3N4O2S/c17-16(18,19)12-9-13(23-15(22-12)14-20-7-4-8-21-14)26(24,25)10-11-5-2-1-3-6-11/h1-9H,10H2. The van der Waals surface area contributed by atoms with Gasteiger partial charge in [0.15, 0.2) is 26.5 Å². The molecule has 0 saturated carbocycles.